The van der Waals surface area contributed by atoms with E-state index in [0.29, 0.717) is 18.7 Å². The van der Waals surface area contributed by atoms with Gasteiger partial charge < -0.3 is 9.84 Å². The van der Waals surface area contributed by atoms with Crippen molar-refractivity contribution in [1.29, 1.82) is 0 Å². The van der Waals surface area contributed by atoms with Crippen molar-refractivity contribution >= 4 is 12.4 Å². The lowest BCUT2D eigenvalue weighted by molar-refractivity contribution is 0.388. The van der Waals surface area contributed by atoms with Gasteiger partial charge in [-0.1, -0.05) is 11.2 Å². The Hall–Kier alpha value is -1.46. The molecule has 0 radical (unpaired) electrons. The maximum absolute atomic E-state index is 12.9. The van der Waals surface area contributed by atoms with Gasteiger partial charge in [0.15, 0.2) is 11.6 Å². The summed E-state index contributed by atoms with van der Waals surface area (Å²) in [7, 11) is 0. The molecular weight excluding hydrogens is 262 g/mol. The van der Waals surface area contributed by atoms with Crippen LogP contribution in [-0.2, 0) is 13.1 Å². The van der Waals surface area contributed by atoms with Crippen molar-refractivity contribution in [2.24, 2.45) is 0 Å². The molecule has 2 rings (SSSR count). The summed E-state index contributed by atoms with van der Waals surface area (Å²) in [4.78, 5) is 0. The second-order valence-electron chi connectivity index (χ2n) is 3.78. The van der Waals surface area contributed by atoms with Gasteiger partial charge in [-0.3, -0.25) is 0 Å². The van der Waals surface area contributed by atoms with Gasteiger partial charge in [-0.2, -0.15) is 0 Å². The van der Waals surface area contributed by atoms with E-state index in [1.54, 1.807) is 6.07 Å². The molecule has 1 aromatic carbocycles. The quantitative estimate of drug-likeness (QED) is 0.931. The van der Waals surface area contributed by atoms with E-state index in [-0.39, 0.29) is 12.4 Å². The third-order valence-electron chi connectivity index (χ3n) is 2.30. The number of aromatic nitrogens is 1. The van der Waals surface area contributed by atoms with Crippen LogP contribution in [0.5, 0.6) is 0 Å². The van der Waals surface area contributed by atoms with Crippen molar-refractivity contribution in [1.82, 2.24) is 10.5 Å². The second kappa shape index (κ2) is 6.47. The first-order chi connectivity index (χ1) is 8.15. The van der Waals surface area contributed by atoms with Crippen molar-refractivity contribution in [3.63, 3.8) is 0 Å². The van der Waals surface area contributed by atoms with Gasteiger partial charge in [0.05, 0.1) is 5.69 Å². The second-order valence-corrected chi connectivity index (χ2v) is 3.78. The normalized spacial score (nSPS) is 10.2. The minimum Gasteiger partial charge on any atom is -0.361 e. The van der Waals surface area contributed by atoms with Crippen LogP contribution in [0, 0.1) is 18.6 Å². The van der Waals surface area contributed by atoms with Gasteiger partial charge in [-0.25, -0.2) is 8.78 Å². The van der Waals surface area contributed by atoms with Crippen LogP contribution < -0.4 is 5.32 Å². The van der Waals surface area contributed by atoms with Crippen LogP contribution in [0.3, 0.4) is 0 Å². The molecule has 6 heteroatoms. The van der Waals surface area contributed by atoms with Gasteiger partial charge >= 0.3 is 0 Å². The third kappa shape index (κ3) is 3.78. The monoisotopic (exact) mass is 274 g/mol. The summed E-state index contributed by atoms with van der Waals surface area (Å²) in [5.74, 6) is -0.919. The van der Waals surface area contributed by atoms with Gasteiger partial charge in [-0.05, 0) is 24.6 Å². The van der Waals surface area contributed by atoms with Crippen LogP contribution in [0.25, 0.3) is 0 Å². The standard InChI is InChI=1S/C12H12F2N2O.ClH/c1-8-4-10(16-17-8)7-15-6-9-2-3-11(13)12(14)5-9;/h2-5,15H,6-7H2,1H3;1H. The van der Waals surface area contributed by atoms with Crippen LogP contribution in [0.1, 0.15) is 17.0 Å². The molecule has 0 amide bonds. The molecule has 2 aromatic rings. The molecule has 1 aromatic heterocycles. The van der Waals surface area contributed by atoms with E-state index in [9.17, 15) is 8.78 Å². The number of halogens is 3. The minimum atomic E-state index is -0.833. The molecule has 0 saturated heterocycles. The van der Waals surface area contributed by atoms with Crippen molar-refractivity contribution < 1.29 is 13.3 Å². The van der Waals surface area contributed by atoms with Gasteiger partial charge in [0.1, 0.15) is 5.76 Å². The molecule has 0 atom stereocenters. The summed E-state index contributed by atoms with van der Waals surface area (Å²) in [6.07, 6.45) is 0. The average molecular weight is 275 g/mol. The van der Waals surface area contributed by atoms with Crippen LogP contribution in [-0.4, -0.2) is 5.16 Å². The Morgan fingerprint density at radius 2 is 1.94 bits per heavy atom. The highest BCUT2D eigenvalue weighted by molar-refractivity contribution is 5.85. The van der Waals surface area contributed by atoms with E-state index in [2.05, 4.69) is 10.5 Å². The summed E-state index contributed by atoms with van der Waals surface area (Å²) in [5, 5.41) is 6.87. The number of nitrogens with zero attached hydrogens (tertiary/aromatic N) is 1. The topological polar surface area (TPSA) is 38.1 Å². The zero-order valence-electron chi connectivity index (χ0n) is 9.74. The SMILES string of the molecule is Cc1cc(CNCc2ccc(F)c(F)c2)no1.Cl. The van der Waals surface area contributed by atoms with E-state index >= 15 is 0 Å². The Morgan fingerprint density at radius 3 is 2.56 bits per heavy atom. The highest BCUT2D eigenvalue weighted by Crippen LogP contribution is 2.08. The molecule has 3 nitrogen and oxygen atoms in total. The fraction of sp³-hybridized carbons (Fsp3) is 0.250. The van der Waals surface area contributed by atoms with E-state index in [1.165, 1.54) is 6.07 Å². The van der Waals surface area contributed by atoms with Crippen molar-refractivity contribution in [2.45, 2.75) is 20.0 Å². The highest BCUT2D eigenvalue weighted by atomic mass is 35.5. The van der Waals surface area contributed by atoms with Gasteiger partial charge in [-0.15, -0.1) is 12.4 Å². The Kier molecular flexibility index (Phi) is 5.25. The Balaban J connectivity index is 0.00000162. The average Bonchev–Trinajstić information content (AvgIpc) is 2.70. The third-order valence-corrected chi connectivity index (χ3v) is 2.30. The Labute approximate surface area is 110 Å². The van der Waals surface area contributed by atoms with Crippen LogP contribution >= 0.6 is 12.4 Å². The summed E-state index contributed by atoms with van der Waals surface area (Å²) in [6.45, 7) is 2.78. The lowest BCUT2D eigenvalue weighted by Gasteiger charge is -2.03. The molecular formula is C12H13ClF2N2O. The smallest absolute Gasteiger partial charge is 0.159 e. The van der Waals surface area contributed by atoms with Crippen molar-refractivity contribution in [3.8, 4) is 0 Å². The number of nitrogens with one attached hydrogen (secondary N) is 1. The molecule has 0 aliphatic carbocycles. The van der Waals surface area contributed by atoms with Crippen LogP contribution in [0.2, 0.25) is 0 Å². The fourth-order valence-corrected chi connectivity index (χ4v) is 1.49. The first-order valence-electron chi connectivity index (χ1n) is 5.22. The van der Waals surface area contributed by atoms with Crippen LogP contribution in [0.15, 0.2) is 28.8 Å². The fourth-order valence-electron chi connectivity index (χ4n) is 1.49. The maximum Gasteiger partial charge on any atom is 0.159 e. The lowest BCUT2D eigenvalue weighted by atomic mass is 10.2. The first-order valence-corrected chi connectivity index (χ1v) is 5.22. The summed E-state index contributed by atoms with van der Waals surface area (Å²) in [5.41, 5.74) is 1.47. The number of rotatable bonds is 4. The van der Waals surface area contributed by atoms with Crippen molar-refractivity contribution in [2.75, 3.05) is 0 Å². The van der Waals surface area contributed by atoms with Gasteiger partial charge in [0.2, 0.25) is 0 Å². The lowest BCUT2D eigenvalue weighted by Crippen LogP contribution is -2.13. The molecule has 0 unspecified atom stereocenters. The molecule has 0 spiro atoms. The number of aryl methyl sites for hydroxylation is 1. The maximum atomic E-state index is 12.9. The summed E-state index contributed by atoms with van der Waals surface area (Å²) >= 11 is 0. The molecule has 0 fully saturated rings. The molecule has 0 aliphatic rings. The predicted molar refractivity (Wildman–Crippen MR) is 65.4 cm³/mol. The molecule has 1 heterocycles. The first kappa shape index (κ1) is 14.6. The highest BCUT2D eigenvalue weighted by Gasteiger charge is 2.03. The number of benzene rings is 1. The van der Waals surface area contributed by atoms with E-state index in [4.69, 9.17) is 4.52 Å². The molecule has 0 saturated carbocycles. The summed E-state index contributed by atoms with van der Waals surface area (Å²) < 4.78 is 30.5. The number of hydrogen-bond donors (Lipinski definition) is 1. The number of hydrogen-bond acceptors (Lipinski definition) is 3. The van der Waals surface area contributed by atoms with E-state index in [0.717, 1.165) is 17.5 Å². The molecule has 18 heavy (non-hydrogen) atoms. The largest absolute Gasteiger partial charge is 0.361 e. The Morgan fingerprint density at radius 1 is 1.17 bits per heavy atom. The predicted octanol–water partition coefficient (Wildman–Crippen LogP) is 2.97. The van der Waals surface area contributed by atoms with Crippen molar-refractivity contribution in [3.05, 3.63) is 52.9 Å². The summed E-state index contributed by atoms with van der Waals surface area (Å²) in [6, 6.07) is 5.65. The van der Waals surface area contributed by atoms with Gasteiger partial charge in [0, 0.05) is 19.2 Å². The molecule has 1 N–H and O–H groups in total. The van der Waals surface area contributed by atoms with E-state index < -0.39 is 11.6 Å². The van der Waals surface area contributed by atoms with Gasteiger partial charge in [0.25, 0.3) is 0 Å². The molecule has 0 aliphatic heterocycles. The van der Waals surface area contributed by atoms with E-state index in [1.807, 2.05) is 13.0 Å². The zero-order chi connectivity index (χ0) is 12.3. The molecule has 0 bridgehead atoms. The minimum absolute atomic E-state index is 0. The Bertz CT molecular complexity index is 517. The molecule has 98 valence electrons. The van der Waals surface area contributed by atoms with Crippen LogP contribution in [0.4, 0.5) is 8.78 Å². The zero-order valence-corrected chi connectivity index (χ0v) is 10.6.